The van der Waals surface area contributed by atoms with Crippen LogP contribution in [0.4, 0.5) is 24.0 Å². The van der Waals surface area contributed by atoms with E-state index in [1.165, 1.54) is 4.90 Å². The molecule has 2 aliphatic heterocycles. The highest BCUT2D eigenvalue weighted by atomic mass is 16.3. The predicted octanol–water partition coefficient (Wildman–Crippen LogP) is 1.71. The van der Waals surface area contributed by atoms with Crippen molar-refractivity contribution >= 4 is 36.1 Å². The summed E-state index contributed by atoms with van der Waals surface area (Å²) in [6.45, 7) is 10.2. The second kappa shape index (κ2) is 27.9. The Hall–Kier alpha value is -5.08. The van der Waals surface area contributed by atoms with Gasteiger partial charge in [0.15, 0.2) is 0 Å². The first kappa shape index (κ1) is 52.3. The van der Waals surface area contributed by atoms with Gasteiger partial charge in [0, 0.05) is 44.8 Å². The molecule has 0 radical (unpaired) electrons. The Morgan fingerprint density at radius 1 is 0.825 bits per heavy atom. The molecule has 0 bridgehead atoms. The Morgan fingerprint density at radius 3 is 2.11 bits per heavy atom. The van der Waals surface area contributed by atoms with Crippen LogP contribution in [-0.2, 0) is 11.2 Å². The first-order valence-electron chi connectivity index (χ1n) is 22.9. The minimum Gasteiger partial charge on any atom is -0.508 e. The van der Waals surface area contributed by atoms with E-state index in [1.807, 2.05) is 27.7 Å². The van der Waals surface area contributed by atoms with Crippen molar-refractivity contribution in [2.75, 3.05) is 52.4 Å². The predicted molar refractivity (Wildman–Crippen MR) is 243 cm³/mol. The number of likely N-dealkylation sites (tertiary alicyclic amines) is 1. The van der Waals surface area contributed by atoms with Gasteiger partial charge in [-0.1, -0.05) is 59.1 Å². The van der Waals surface area contributed by atoms with Crippen LogP contribution < -0.4 is 59.7 Å². The number of phenolic OH excluding ortho intramolecular Hbond substituents is 1. The van der Waals surface area contributed by atoms with Crippen LogP contribution >= 0.6 is 0 Å². The van der Waals surface area contributed by atoms with Crippen LogP contribution in [0.5, 0.6) is 5.75 Å². The molecule has 1 aromatic rings. The number of unbranched alkanes of at least 4 members (excludes halogenated alkanes) is 2. The van der Waals surface area contributed by atoms with Crippen molar-refractivity contribution in [3.8, 4) is 5.75 Å². The number of nitrogens with two attached hydrogens (primary N) is 3. The van der Waals surface area contributed by atoms with Crippen LogP contribution in [-0.4, -0.2) is 140 Å². The molecule has 1 aromatic carbocycles. The standard InChI is InChI=1S/C43H77N13O7/c1-5-29(4)37(27-56-38(58)36(21-28(2)3)54-43(56)63)53-41(61)48-25-33(22-30-14-16-35(57)17-15-30)52-40(60)49-26-34-13-10-20-55(34)42(62)50-24-32(12-7-9-19-45)51-39(59)47-23-31(46)11-6-8-18-44/h14-17,28-29,31-34,36-37,57H,5-13,18-27,44-46H2,1-4H3,(H,50,62)(H,54,63)(H2,47,51,59)(H2,48,53,61)(H2,49,52,60)/t29-,31-,32-,33-,34-,36-,37+/m0/s1. The smallest absolute Gasteiger partial charge is 0.324 e. The van der Waals surface area contributed by atoms with E-state index >= 15 is 0 Å². The Bertz CT molecular complexity index is 1590. The van der Waals surface area contributed by atoms with E-state index in [2.05, 4.69) is 42.5 Å². The molecule has 63 heavy (non-hydrogen) atoms. The number of benzene rings is 1. The molecule has 0 saturated carbocycles. The third-order valence-corrected chi connectivity index (χ3v) is 11.6. The lowest BCUT2D eigenvalue weighted by Gasteiger charge is -2.28. The maximum atomic E-state index is 13.4. The van der Waals surface area contributed by atoms with E-state index in [0.29, 0.717) is 58.3 Å². The average molecular weight is 888 g/mol. The SMILES string of the molecule is CC[C@H](C)[C@@H](CN1C(=O)N[C@@H](CC(C)C)C1=O)NC(=O)NC[C@H](Cc1ccc(O)cc1)NC(=O)NC[C@@H]1CCCN1C(=O)NC[C@H](CCCCN)NC(=O)NC[C@@H](N)CCCCN. The molecule has 11 amide bonds. The van der Waals surface area contributed by atoms with Gasteiger partial charge < -0.3 is 69.7 Å². The number of carbonyl (C=O) groups is 6. The number of nitrogens with zero attached hydrogens (tertiary/aromatic N) is 2. The maximum Gasteiger partial charge on any atom is 0.324 e. The normalized spacial score (nSPS) is 18.5. The van der Waals surface area contributed by atoms with E-state index in [0.717, 1.165) is 44.1 Å². The molecular formula is C43H77N13O7. The van der Waals surface area contributed by atoms with Gasteiger partial charge in [0.1, 0.15) is 11.8 Å². The van der Waals surface area contributed by atoms with Gasteiger partial charge in [-0.2, -0.15) is 0 Å². The van der Waals surface area contributed by atoms with Crippen molar-refractivity contribution in [2.45, 2.75) is 135 Å². The number of phenols is 1. The summed E-state index contributed by atoms with van der Waals surface area (Å²) in [6.07, 6.45) is 7.65. The minimum absolute atomic E-state index is 0.0189. The van der Waals surface area contributed by atoms with E-state index in [1.54, 1.807) is 29.2 Å². The molecule has 20 heteroatoms. The second-order valence-electron chi connectivity index (χ2n) is 17.4. The molecule has 2 saturated heterocycles. The van der Waals surface area contributed by atoms with Crippen LogP contribution in [0.1, 0.15) is 97.5 Å². The molecule has 3 rings (SSSR count). The second-order valence-corrected chi connectivity index (χ2v) is 17.4. The molecular weight excluding hydrogens is 811 g/mol. The van der Waals surface area contributed by atoms with Crippen LogP contribution in [0, 0.1) is 11.8 Å². The number of hydrogen-bond acceptors (Lipinski definition) is 10. The molecule has 20 nitrogen and oxygen atoms in total. The monoisotopic (exact) mass is 888 g/mol. The third kappa shape index (κ3) is 19.1. The molecule has 7 atom stereocenters. The van der Waals surface area contributed by atoms with E-state index in [-0.39, 0.29) is 79.9 Å². The van der Waals surface area contributed by atoms with Gasteiger partial charge in [0.25, 0.3) is 5.91 Å². The van der Waals surface area contributed by atoms with Crippen molar-refractivity contribution in [3.05, 3.63) is 29.8 Å². The Kier molecular flexibility index (Phi) is 23.1. The number of carbonyl (C=O) groups excluding carboxylic acids is 6. The Labute approximate surface area is 373 Å². The first-order chi connectivity index (χ1) is 30.1. The molecule has 0 aliphatic carbocycles. The lowest BCUT2D eigenvalue weighted by Crippen LogP contribution is -2.55. The van der Waals surface area contributed by atoms with Gasteiger partial charge in [0.2, 0.25) is 0 Å². The first-order valence-corrected chi connectivity index (χ1v) is 22.9. The number of aromatic hydroxyl groups is 1. The summed E-state index contributed by atoms with van der Waals surface area (Å²) in [6, 6.07) is 1.91. The highest BCUT2D eigenvalue weighted by Crippen LogP contribution is 2.19. The summed E-state index contributed by atoms with van der Waals surface area (Å²) < 4.78 is 0. The number of hydrogen-bond donors (Lipinski definition) is 12. The van der Waals surface area contributed by atoms with Gasteiger partial charge in [-0.05, 0) is 94.0 Å². The van der Waals surface area contributed by atoms with E-state index < -0.39 is 36.2 Å². The van der Waals surface area contributed by atoms with Crippen molar-refractivity contribution in [1.29, 1.82) is 0 Å². The average Bonchev–Trinajstić information content (AvgIpc) is 3.83. The van der Waals surface area contributed by atoms with Gasteiger partial charge in [-0.15, -0.1) is 0 Å². The van der Waals surface area contributed by atoms with E-state index in [9.17, 15) is 33.9 Å². The number of imide groups is 1. The van der Waals surface area contributed by atoms with Crippen LogP contribution in [0.2, 0.25) is 0 Å². The van der Waals surface area contributed by atoms with Crippen LogP contribution in [0.25, 0.3) is 0 Å². The summed E-state index contributed by atoms with van der Waals surface area (Å²) >= 11 is 0. The number of nitrogens with one attached hydrogen (secondary N) is 8. The quantitative estimate of drug-likeness (QED) is 0.0449. The fourth-order valence-electron chi connectivity index (χ4n) is 7.70. The topological polar surface area (TPSA) is 303 Å². The number of amides is 11. The van der Waals surface area contributed by atoms with Gasteiger partial charge in [-0.25, -0.2) is 24.0 Å². The van der Waals surface area contributed by atoms with Crippen molar-refractivity contribution in [3.63, 3.8) is 0 Å². The fraction of sp³-hybridized carbons (Fsp3) is 0.721. The summed E-state index contributed by atoms with van der Waals surface area (Å²) in [7, 11) is 0. The van der Waals surface area contributed by atoms with Gasteiger partial charge in [-0.3, -0.25) is 9.69 Å². The summed E-state index contributed by atoms with van der Waals surface area (Å²) in [5.74, 6) is -0.0672. The lowest BCUT2D eigenvalue weighted by molar-refractivity contribution is -0.128. The van der Waals surface area contributed by atoms with Crippen molar-refractivity contribution < 1.29 is 33.9 Å². The van der Waals surface area contributed by atoms with Crippen molar-refractivity contribution in [1.82, 2.24) is 52.3 Å². The summed E-state index contributed by atoms with van der Waals surface area (Å²) in [5, 5.41) is 33.0. The summed E-state index contributed by atoms with van der Waals surface area (Å²) in [4.78, 5) is 81.6. The maximum absolute atomic E-state index is 13.4. The number of rotatable bonds is 27. The van der Waals surface area contributed by atoms with E-state index in [4.69, 9.17) is 17.2 Å². The zero-order valence-corrected chi connectivity index (χ0v) is 37.9. The molecule has 15 N–H and O–H groups in total. The molecule has 2 aliphatic rings. The largest absolute Gasteiger partial charge is 0.508 e. The molecule has 0 aromatic heterocycles. The highest BCUT2D eigenvalue weighted by molar-refractivity contribution is 6.04. The zero-order valence-electron chi connectivity index (χ0n) is 37.9. The van der Waals surface area contributed by atoms with Crippen LogP contribution in [0.3, 0.4) is 0 Å². The Morgan fingerprint density at radius 2 is 1.44 bits per heavy atom. The lowest BCUT2D eigenvalue weighted by atomic mass is 9.98. The zero-order chi connectivity index (χ0) is 46.3. The minimum atomic E-state index is -0.596. The Balaban J connectivity index is 1.56. The number of urea groups is 5. The molecule has 2 heterocycles. The van der Waals surface area contributed by atoms with Gasteiger partial charge >= 0.3 is 30.2 Å². The van der Waals surface area contributed by atoms with Gasteiger partial charge in [0.05, 0.1) is 24.7 Å². The molecule has 356 valence electrons. The summed E-state index contributed by atoms with van der Waals surface area (Å²) in [5.41, 5.74) is 18.2. The molecule has 0 unspecified atom stereocenters. The highest BCUT2D eigenvalue weighted by Gasteiger charge is 2.40. The van der Waals surface area contributed by atoms with Crippen molar-refractivity contribution in [2.24, 2.45) is 29.0 Å². The molecule has 2 fully saturated rings. The fourth-order valence-corrected chi connectivity index (χ4v) is 7.70. The third-order valence-electron chi connectivity index (χ3n) is 11.6. The molecule has 0 spiro atoms. The van der Waals surface area contributed by atoms with Crippen LogP contribution in [0.15, 0.2) is 24.3 Å².